The number of carbonyl (C=O) groups excluding carboxylic acids is 2. The fraction of sp³-hybridized carbons (Fsp3) is 0.500. The zero-order valence-electron chi connectivity index (χ0n) is 10.3. The van der Waals surface area contributed by atoms with Crippen LogP contribution in [0.1, 0.15) is 25.6 Å². The van der Waals surface area contributed by atoms with E-state index in [1.807, 2.05) is 6.92 Å². The summed E-state index contributed by atoms with van der Waals surface area (Å²) in [5, 5.41) is 2.61. The molecule has 6 heteroatoms. The zero-order chi connectivity index (χ0) is 13.0. The van der Waals surface area contributed by atoms with Gasteiger partial charge in [0.1, 0.15) is 11.9 Å². The molecule has 1 aliphatic heterocycles. The van der Waals surface area contributed by atoms with E-state index in [0.29, 0.717) is 12.2 Å². The first-order valence-corrected chi connectivity index (χ1v) is 6.05. The molecule has 1 fully saturated rings. The van der Waals surface area contributed by atoms with Gasteiger partial charge in [-0.2, -0.15) is 0 Å². The number of carbonyl (C=O) groups is 2. The van der Waals surface area contributed by atoms with Gasteiger partial charge in [-0.05, 0) is 12.5 Å². The highest BCUT2D eigenvalue weighted by Gasteiger charge is 2.33. The SMILES string of the molecule is CCCC1C(=O)NCC(=O)N1Cc1ncccn1. The number of hydrogen-bond donors (Lipinski definition) is 1. The van der Waals surface area contributed by atoms with Gasteiger partial charge >= 0.3 is 0 Å². The Morgan fingerprint density at radius 3 is 2.78 bits per heavy atom. The van der Waals surface area contributed by atoms with E-state index in [4.69, 9.17) is 0 Å². The Kier molecular flexibility index (Phi) is 3.86. The molecule has 0 saturated carbocycles. The molecule has 1 aromatic rings. The molecule has 1 unspecified atom stereocenters. The number of nitrogens with zero attached hydrogens (tertiary/aromatic N) is 3. The lowest BCUT2D eigenvalue weighted by Crippen LogP contribution is -2.57. The maximum absolute atomic E-state index is 11.9. The minimum atomic E-state index is -0.403. The number of hydrogen-bond acceptors (Lipinski definition) is 4. The monoisotopic (exact) mass is 248 g/mol. The zero-order valence-corrected chi connectivity index (χ0v) is 10.3. The Hall–Kier alpha value is -1.98. The molecule has 0 radical (unpaired) electrons. The predicted octanol–water partition coefficient (Wildman–Crippen LogP) is 0.104. The van der Waals surface area contributed by atoms with Gasteiger partial charge < -0.3 is 10.2 Å². The highest BCUT2D eigenvalue weighted by molar-refractivity contribution is 5.94. The highest BCUT2D eigenvalue weighted by atomic mass is 16.2. The number of amides is 2. The van der Waals surface area contributed by atoms with E-state index in [-0.39, 0.29) is 24.9 Å². The van der Waals surface area contributed by atoms with Crippen LogP contribution >= 0.6 is 0 Å². The van der Waals surface area contributed by atoms with Gasteiger partial charge in [-0.3, -0.25) is 9.59 Å². The van der Waals surface area contributed by atoms with E-state index in [0.717, 1.165) is 6.42 Å². The van der Waals surface area contributed by atoms with Crippen molar-refractivity contribution in [3.63, 3.8) is 0 Å². The molecule has 1 saturated heterocycles. The van der Waals surface area contributed by atoms with Crippen LogP contribution in [0.2, 0.25) is 0 Å². The van der Waals surface area contributed by atoms with Gasteiger partial charge in [-0.15, -0.1) is 0 Å². The van der Waals surface area contributed by atoms with Crippen molar-refractivity contribution in [2.24, 2.45) is 0 Å². The molecule has 0 aliphatic carbocycles. The standard InChI is InChI=1S/C12H16N4O2/c1-2-4-9-12(18)15-7-11(17)16(9)8-10-13-5-3-6-14-10/h3,5-6,9H,2,4,7-8H2,1H3,(H,15,18). The van der Waals surface area contributed by atoms with Crippen molar-refractivity contribution < 1.29 is 9.59 Å². The van der Waals surface area contributed by atoms with Crippen LogP contribution in [-0.4, -0.2) is 39.3 Å². The summed E-state index contributed by atoms with van der Waals surface area (Å²) in [6.45, 7) is 2.34. The summed E-state index contributed by atoms with van der Waals surface area (Å²) in [5.41, 5.74) is 0. The van der Waals surface area contributed by atoms with Crippen LogP contribution in [0.5, 0.6) is 0 Å². The van der Waals surface area contributed by atoms with Crippen LogP contribution in [0.3, 0.4) is 0 Å². The number of aromatic nitrogens is 2. The van der Waals surface area contributed by atoms with E-state index in [1.165, 1.54) is 0 Å². The van der Waals surface area contributed by atoms with Crippen LogP contribution in [0.4, 0.5) is 0 Å². The van der Waals surface area contributed by atoms with Gasteiger partial charge in [0.25, 0.3) is 0 Å². The highest BCUT2D eigenvalue weighted by Crippen LogP contribution is 2.14. The summed E-state index contributed by atoms with van der Waals surface area (Å²) in [6.07, 6.45) is 4.76. The minimum absolute atomic E-state index is 0.0614. The smallest absolute Gasteiger partial charge is 0.243 e. The fourth-order valence-electron chi connectivity index (χ4n) is 2.02. The maximum atomic E-state index is 11.9. The Bertz CT molecular complexity index is 435. The van der Waals surface area contributed by atoms with Gasteiger partial charge in [0.15, 0.2) is 0 Å². The lowest BCUT2D eigenvalue weighted by molar-refractivity contribution is -0.146. The van der Waals surface area contributed by atoms with E-state index < -0.39 is 6.04 Å². The third-order valence-electron chi connectivity index (χ3n) is 2.91. The molecule has 2 heterocycles. The van der Waals surface area contributed by atoms with Crippen molar-refractivity contribution in [3.8, 4) is 0 Å². The Morgan fingerprint density at radius 1 is 1.39 bits per heavy atom. The van der Waals surface area contributed by atoms with Crippen LogP contribution in [0.15, 0.2) is 18.5 Å². The lowest BCUT2D eigenvalue weighted by atomic mass is 10.1. The normalized spacial score (nSPS) is 19.8. The summed E-state index contributed by atoms with van der Waals surface area (Å²) >= 11 is 0. The molecule has 18 heavy (non-hydrogen) atoms. The molecule has 0 spiro atoms. The van der Waals surface area contributed by atoms with Crippen molar-refractivity contribution >= 4 is 11.8 Å². The van der Waals surface area contributed by atoms with Gasteiger partial charge in [0.2, 0.25) is 11.8 Å². The number of piperazine rings is 1. The van der Waals surface area contributed by atoms with Crippen LogP contribution < -0.4 is 5.32 Å². The lowest BCUT2D eigenvalue weighted by Gasteiger charge is -2.34. The van der Waals surface area contributed by atoms with Gasteiger partial charge in [0.05, 0.1) is 13.1 Å². The summed E-state index contributed by atoms with van der Waals surface area (Å²) in [7, 11) is 0. The summed E-state index contributed by atoms with van der Waals surface area (Å²) in [6, 6.07) is 1.32. The molecule has 0 bridgehead atoms. The quantitative estimate of drug-likeness (QED) is 0.820. The van der Waals surface area contributed by atoms with E-state index in [2.05, 4.69) is 15.3 Å². The first-order chi connectivity index (χ1) is 8.72. The van der Waals surface area contributed by atoms with Gasteiger partial charge in [-0.1, -0.05) is 13.3 Å². The third-order valence-corrected chi connectivity index (χ3v) is 2.91. The van der Waals surface area contributed by atoms with Crippen molar-refractivity contribution in [2.75, 3.05) is 6.54 Å². The van der Waals surface area contributed by atoms with Crippen molar-refractivity contribution in [3.05, 3.63) is 24.3 Å². The van der Waals surface area contributed by atoms with E-state index >= 15 is 0 Å². The topological polar surface area (TPSA) is 75.2 Å². The van der Waals surface area contributed by atoms with Crippen LogP contribution in [0.25, 0.3) is 0 Å². The molecule has 2 rings (SSSR count). The minimum Gasteiger partial charge on any atom is -0.345 e. The second-order valence-corrected chi connectivity index (χ2v) is 4.21. The number of nitrogens with one attached hydrogen (secondary N) is 1. The average Bonchev–Trinajstić information content (AvgIpc) is 2.39. The van der Waals surface area contributed by atoms with Gasteiger partial charge in [-0.25, -0.2) is 9.97 Å². The Morgan fingerprint density at radius 2 is 2.11 bits per heavy atom. The first kappa shape index (κ1) is 12.5. The summed E-state index contributed by atoms with van der Waals surface area (Å²) in [4.78, 5) is 33.4. The molecular weight excluding hydrogens is 232 g/mol. The van der Waals surface area contributed by atoms with E-state index in [1.54, 1.807) is 23.4 Å². The second kappa shape index (κ2) is 5.57. The molecule has 1 N–H and O–H groups in total. The van der Waals surface area contributed by atoms with Crippen LogP contribution in [-0.2, 0) is 16.1 Å². The maximum Gasteiger partial charge on any atom is 0.243 e. The molecule has 1 aromatic heterocycles. The fourth-order valence-corrected chi connectivity index (χ4v) is 2.02. The molecule has 96 valence electrons. The van der Waals surface area contributed by atoms with E-state index in [9.17, 15) is 9.59 Å². The van der Waals surface area contributed by atoms with Crippen molar-refractivity contribution in [2.45, 2.75) is 32.4 Å². The molecule has 0 aromatic carbocycles. The first-order valence-electron chi connectivity index (χ1n) is 6.05. The average molecular weight is 248 g/mol. The number of rotatable bonds is 4. The molecule has 6 nitrogen and oxygen atoms in total. The predicted molar refractivity (Wildman–Crippen MR) is 64.3 cm³/mol. The van der Waals surface area contributed by atoms with Crippen LogP contribution in [0, 0.1) is 0 Å². The van der Waals surface area contributed by atoms with Crippen molar-refractivity contribution in [1.82, 2.24) is 20.2 Å². The molecule has 1 atom stereocenters. The van der Waals surface area contributed by atoms with Gasteiger partial charge in [0, 0.05) is 12.4 Å². The molecule has 1 aliphatic rings. The molecule has 2 amide bonds. The third kappa shape index (κ3) is 2.64. The summed E-state index contributed by atoms with van der Waals surface area (Å²) < 4.78 is 0. The molecular formula is C12H16N4O2. The Labute approximate surface area is 105 Å². The van der Waals surface area contributed by atoms with Crippen molar-refractivity contribution in [1.29, 1.82) is 0 Å². The largest absolute Gasteiger partial charge is 0.345 e. The Balaban J connectivity index is 2.15. The summed E-state index contributed by atoms with van der Waals surface area (Å²) in [5.74, 6) is 0.384. The second-order valence-electron chi connectivity index (χ2n) is 4.21.